The number of carbonyl (C=O) groups is 1. The van der Waals surface area contributed by atoms with Crippen molar-refractivity contribution in [1.82, 2.24) is 25.7 Å². The molecule has 0 spiro atoms. The second kappa shape index (κ2) is 8.03. The second-order valence-corrected chi connectivity index (χ2v) is 6.65. The molecule has 1 amide bonds. The number of carbonyl (C=O) groups excluding carboxylic acids is 1. The molecule has 1 saturated heterocycles. The lowest BCUT2D eigenvalue weighted by Gasteiger charge is -2.36. The number of anilines is 1. The van der Waals surface area contributed by atoms with Crippen LogP contribution in [0.2, 0.25) is 0 Å². The van der Waals surface area contributed by atoms with Crippen LogP contribution in [0.5, 0.6) is 0 Å². The molecule has 28 heavy (non-hydrogen) atoms. The highest BCUT2D eigenvalue weighted by atomic mass is 16.5. The Kier molecular flexibility index (Phi) is 5.14. The van der Waals surface area contributed by atoms with Gasteiger partial charge in [0.15, 0.2) is 11.5 Å². The topological polar surface area (TPSA) is 117 Å². The van der Waals surface area contributed by atoms with Gasteiger partial charge in [-0.1, -0.05) is 5.16 Å². The molecule has 0 aliphatic carbocycles. The smallest absolute Gasteiger partial charge is 0.273 e. The van der Waals surface area contributed by atoms with Crippen LogP contribution in [0.1, 0.15) is 29.8 Å². The molecule has 1 atom stereocenters. The first-order chi connectivity index (χ1) is 13.7. The number of amides is 1. The van der Waals surface area contributed by atoms with Gasteiger partial charge in [-0.05, 0) is 37.5 Å². The van der Waals surface area contributed by atoms with Gasteiger partial charge in [-0.3, -0.25) is 14.6 Å². The van der Waals surface area contributed by atoms with E-state index in [4.69, 9.17) is 4.52 Å². The summed E-state index contributed by atoms with van der Waals surface area (Å²) >= 11 is 0. The van der Waals surface area contributed by atoms with Gasteiger partial charge in [0.25, 0.3) is 11.5 Å². The Balaban J connectivity index is 1.41. The lowest BCUT2D eigenvalue weighted by atomic mass is 10.0. The Bertz CT molecular complexity index is 980. The van der Waals surface area contributed by atoms with Crippen LogP contribution < -0.4 is 15.8 Å². The van der Waals surface area contributed by atoms with Crippen molar-refractivity contribution >= 4 is 11.7 Å². The van der Waals surface area contributed by atoms with Gasteiger partial charge in [0, 0.05) is 49.2 Å². The standard InChI is InChI=1S/C19H20N6O3/c26-18-7-6-17(22-23-18)25-9-2-1-5-14(25)12-21-19(27)15-10-16(28-24-15)13-4-3-8-20-11-13/h3-4,6-8,10-11,14H,1-2,5,9,12H2,(H,21,27)(H,23,26). The van der Waals surface area contributed by atoms with Gasteiger partial charge >= 0.3 is 0 Å². The summed E-state index contributed by atoms with van der Waals surface area (Å²) in [6, 6.07) is 8.50. The van der Waals surface area contributed by atoms with Crippen molar-refractivity contribution < 1.29 is 9.32 Å². The first-order valence-corrected chi connectivity index (χ1v) is 9.18. The van der Waals surface area contributed by atoms with Crippen molar-refractivity contribution in [3.05, 3.63) is 58.8 Å². The van der Waals surface area contributed by atoms with E-state index in [2.05, 4.69) is 30.6 Å². The highest BCUT2D eigenvalue weighted by Crippen LogP contribution is 2.22. The fourth-order valence-electron chi connectivity index (χ4n) is 3.34. The van der Waals surface area contributed by atoms with Crippen LogP contribution in [0, 0.1) is 0 Å². The van der Waals surface area contributed by atoms with Crippen LogP contribution in [0.15, 0.2) is 52.0 Å². The van der Waals surface area contributed by atoms with Gasteiger partial charge in [0.2, 0.25) is 0 Å². The summed E-state index contributed by atoms with van der Waals surface area (Å²) < 4.78 is 5.26. The van der Waals surface area contributed by atoms with Crippen molar-refractivity contribution in [1.29, 1.82) is 0 Å². The predicted molar refractivity (Wildman–Crippen MR) is 102 cm³/mol. The first kappa shape index (κ1) is 17.9. The van der Waals surface area contributed by atoms with Gasteiger partial charge in [0.05, 0.1) is 0 Å². The fourth-order valence-corrected chi connectivity index (χ4v) is 3.34. The van der Waals surface area contributed by atoms with E-state index in [9.17, 15) is 9.59 Å². The van der Waals surface area contributed by atoms with Gasteiger partial charge in [-0.15, -0.1) is 0 Å². The van der Waals surface area contributed by atoms with Crippen molar-refractivity contribution in [2.24, 2.45) is 0 Å². The summed E-state index contributed by atoms with van der Waals surface area (Å²) in [6.07, 6.45) is 6.37. The zero-order valence-corrected chi connectivity index (χ0v) is 15.2. The zero-order chi connectivity index (χ0) is 19.3. The summed E-state index contributed by atoms with van der Waals surface area (Å²) in [5, 5.41) is 13.4. The number of piperidine rings is 1. The summed E-state index contributed by atoms with van der Waals surface area (Å²) in [7, 11) is 0. The Morgan fingerprint density at radius 2 is 2.25 bits per heavy atom. The predicted octanol–water partition coefficient (Wildman–Crippen LogP) is 1.61. The van der Waals surface area contributed by atoms with Crippen molar-refractivity contribution in [2.75, 3.05) is 18.0 Å². The van der Waals surface area contributed by atoms with Crippen LogP contribution >= 0.6 is 0 Å². The summed E-state index contributed by atoms with van der Waals surface area (Å²) in [5.74, 6) is 0.910. The highest BCUT2D eigenvalue weighted by Gasteiger charge is 2.25. The van der Waals surface area contributed by atoms with E-state index < -0.39 is 0 Å². The van der Waals surface area contributed by atoms with Crippen LogP contribution in [-0.4, -0.2) is 45.4 Å². The molecule has 3 aromatic heterocycles. The number of pyridine rings is 1. The molecular formula is C19H20N6O3. The number of hydrogen-bond donors (Lipinski definition) is 2. The molecule has 1 aliphatic rings. The van der Waals surface area contributed by atoms with Crippen LogP contribution in [0.25, 0.3) is 11.3 Å². The summed E-state index contributed by atoms with van der Waals surface area (Å²) in [6.45, 7) is 1.28. The van der Waals surface area contributed by atoms with E-state index in [-0.39, 0.29) is 23.2 Å². The third-order valence-corrected chi connectivity index (χ3v) is 4.77. The number of rotatable bonds is 5. The van der Waals surface area contributed by atoms with E-state index in [1.54, 1.807) is 30.6 Å². The Labute approximate surface area is 160 Å². The van der Waals surface area contributed by atoms with E-state index >= 15 is 0 Å². The molecule has 0 saturated carbocycles. The number of aromatic amines is 1. The molecule has 3 aromatic rings. The average molecular weight is 380 g/mol. The minimum atomic E-state index is -0.293. The van der Waals surface area contributed by atoms with E-state index in [1.165, 1.54) is 6.07 Å². The SMILES string of the molecule is O=C(NCC1CCCCN1c1ccc(=O)[nH]n1)c1cc(-c2cccnc2)on1. The van der Waals surface area contributed by atoms with Gasteiger partial charge < -0.3 is 14.7 Å². The Hall–Kier alpha value is -3.49. The number of H-pyrrole nitrogens is 1. The van der Waals surface area contributed by atoms with E-state index in [1.807, 2.05) is 6.07 Å². The summed E-state index contributed by atoms with van der Waals surface area (Å²) in [5.41, 5.74) is 0.751. The third kappa shape index (κ3) is 3.93. The monoisotopic (exact) mass is 380 g/mol. The molecule has 1 fully saturated rings. The lowest BCUT2D eigenvalue weighted by molar-refractivity contribution is 0.0940. The maximum atomic E-state index is 12.5. The van der Waals surface area contributed by atoms with Crippen molar-refractivity contribution in [3.63, 3.8) is 0 Å². The molecule has 144 valence electrons. The van der Waals surface area contributed by atoms with Gasteiger partial charge in [-0.25, -0.2) is 5.10 Å². The number of hydrogen-bond acceptors (Lipinski definition) is 7. The largest absolute Gasteiger partial charge is 0.355 e. The maximum Gasteiger partial charge on any atom is 0.273 e. The average Bonchev–Trinajstić information content (AvgIpc) is 3.24. The quantitative estimate of drug-likeness (QED) is 0.690. The van der Waals surface area contributed by atoms with Crippen LogP contribution in [0.3, 0.4) is 0 Å². The van der Waals surface area contributed by atoms with Crippen LogP contribution in [-0.2, 0) is 0 Å². The van der Waals surface area contributed by atoms with Crippen LogP contribution in [0.4, 0.5) is 5.82 Å². The van der Waals surface area contributed by atoms with Gasteiger partial charge in [0.1, 0.15) is 5.82 Å². The molecule has 0 radical (unpaired) electrons. The molecule has 4 rings (SSSR count). The molecule has 9 nitrogen and oxygen atoms in total. The number of aromatic nitrogens is 4. The highest BCUT2D eigenvalue weighted by molar-refractivity contribution is 5.93. The second-order valence-electron chi connectivity index (χ2n) is 6.65. The summed E-state index contributed by atoms with van der Waals surface area (Å²) in [4.78, 5) is 29.9. The van der Waals surface area contributed by atoms with Gasteiger partial charge in [-0.2, -0.15) is 5.10 Å². The fraction of sp³-hybridized carbons (Fsp3) is 0.316. The molecule has 1 unspecified atom stereocenters. The van der Waals surface area contributed by atoms with E-state index in [0.29, 0.717) is 18.1 Å². The first-order valence-electron chi connectivity index (χ1n) is 9.18. The van der Waals surface area contributed by atoms with Crippen molar-refractivity contribution in [3.8, 4) is 11.3 Å². The molecule has 0 aromatic carbocycles. The normalized spacial score (nSPS) is 16.7. The maximum absolute atomic E-state index is 12.5. The van der Waals surface area contributed by atoms with E-state index in [0.717, 1.165) is 31.4 Å². The lowest BCUT2D eigenvalue weighted by Crippen LogP contribution is -2.47. The number of nitrogens with zero attached hydrogens (tertiary/aromatic N) is 4. The van der Waals surface area contributed by atoms with Crippen molar-refractivity contribution in [2.45, 2.75) is 25.3 Å². The molecule has 2 N–H and O–H groups in total. The molecule has 9 heteroatoms. The minimum Gasteiger partial charge on any atom is -0.355 e. The molecule has 0 bridgehead atoms. The Morgan fingerprint density at radius 3 is 3.04 bits per heavy atom. The molecule has 1 aliphatic heterocycles. The third-order valence-electron chi connectivity index (χ3n) is 4.77. The molecular weight excluding hydrogens is 360 g/mol. The minimum absolute atomic E-state index is 0.0980. The zero-order valence-electron chi connectivity index (χ0n) is 15.2. The Morgan fingerprint density at radius 1 is 1.32 bits per heavy atom. The number of nitrogens with one attached hydrogen (secondary N) is 2. The molecule has 4 heterocycles.